The van der Waals surface area contributed by atoms with Crippen LogP contribution in [0.15, 0.2) is 140 Å². The van der Waals surface area contributed by atoms with E-state index in [1.54, 1.807) is 23.0 Å². The Hall–Kier alpha value is -6.14. The number of halogens is 1. The van der Waals surface area contributed by atoms with E-state index < -0.39 is 16.2 Å². The standard InChI is InChI=1S/C58H69BrN4O7/c1-8-42(2)27-28-47(43-20-12-9-13-21-43)37-58(48-25-16-11-17-26-48,40-57(5,6)54(64)68-7)49-31-29-45(30-32-49)53-39-60-61-62(53)41-70-50-33-34-52(63(66)67)46(36-50)24-18-19-35-69-55(65)56(3,4)38-51(59)44-22-14-10-15-23-44/h9-17,20-23,25-26,29-34,36,39,42,47,51H,8,18-19,24,27-28,35,37-38,40-41H2,1-7H3. The summed E-state index contributed by atoms with van der Waals surface area (Å²) in [4.78, 5) is 38.3. The third kappa shape index (κ3) is 13.8. The minimum absolute atomic E-state index is 0.00319. The van der Waals surface area contributed by atoms with Crippen molar-refractivity contribution in [1.29, 1.82) is 0 Å². The third-order valence-electron chi connectivity index (χ3n) is 13.8. The fourth-order valence-electron chi connectivity index (χ4n) is 9.55. The van der Waals surface area contributed by atoms with E-state index in [1.807, 2.05) is 64.1 Å². The summed E-state index contributed by atoms with van der Waals surface area (Å²) in [6.07, 6.45) is 8.29. The molecule has 70 heavy (non-hydrogen) atoms. The number of carbonyl (C=O) groups is 2. The van der Waals surface area contributed by atoms with Crippen LogP contribution in [0.4, 0.5) is 5.69 Å². The number of nitrogens with zero attached hydrogens (tertiary/aromatic N) is 4. The Morgan fingerprint density at radius 3 is 2.03 bits per heavy atom. The molecular formula is C58H69BrN4O7. The van der Waals surface area contributed by atoms with Crippen LogP contribution >= 0.6 is 15.9 Å². The summed E-state index contributed by atoms with van der Waals surface area (Å²) < 4.78 is 19.0. The van der Waals surface area contributed by atoms with E-state index in [4.69, 9.17) is 14.2 Å². The van der Waals surface area contributed by atoms with Gasteiger partial charge in [0.2, 0.25) is 0 Å². The smallest absolute Gasteiger partial charge is 0.311 e. The van der Waals surface area contributed by atoms with E-state index in [0.717, 1.165) is 53.6 Å². The molecule has 12 heteroatoms. The van der Waals surface area contributed by atoms with E-state index in [9.17, 15) is 19.7 Å². The van der Waals surface area contributed by atoms with Gasteiger partial charge in [0.1, 0.15) is 5.75 Å². The average molecular weight is 1010 g/mol. The van der Waals surface area contributed by atoms with E-state index in [1.165, 1.54) is 18.7 Å². The van der Waals surface area contributed by atoms with Gasteiger partial charge in [0.05, 0.1) is 41.4 Å². The SMILES string of the molecule is CCC(C)CCC(CC(CC(C)(C)C(=O)OC)(c1ccccc1)c1ccc(-c2cnnn2COc2ccc([N+](=O)[O-])c(CCCCOC(=O)C(C)(C)CC(Br)c3ccccc3)c2)cc1)c1ccccc1. The molecule has 4 atom stereocenters. The Kier molecular flexibility index (Phi) is 18.7. The van der Waals surface area contributed by atoms with Gasteiger partial charge in [0, 0.05) is 27.4 Å². The number of nitro groups is 1. The zero-order valence-corrected chi connectivity index (χ0v) is 43.4. The lowest BCUT2D eigenvalue weighted by molar-refractivity contribution is -0.385. The van der Waals surface area contributed by atoms with Crippen molar-refractivity contribution in [3.8, 4) is 17.0 Å². The number of alkyl halides is 1. The molecule has 0 fully saturated rings. The summed E-state index contributed by atoms with van der Waals surface area (Å²) in [5.41, 5.74) is 4.64. The number of rotatable bonds is 26. The molecule has 6 aromatic rings. The van der Waals surface area contributed by atoms with E-state index >= 15 is 0 Å². The molecule has 0 N–H and O–H groups in total. The highest BCUT2D eigenvalue weighted by Crippen LogP contribution is 2.50. The number of aromatic nitrogens is 3. The number of nitro benzene ring substituents is 1. The molecule has 370 valence electrons. The maximum Gasteiger partial charge on any atom is 0.311 e. The molecule has 5 aromatic carbocycles. The Morgan fingerprint density at radius 2 is 1.40 bits per heavy atom. The molecule has 0 bridgehead atoms. The number of benzene rings is 5. The van der Waals surface area contributed by atoms with Crippen molar-refractivity contribution in [3.05, 3.63) is 178 Å². The van der Waals surface area contributed by atoms with Crippen LogP contribution in [0.2, 0.25) is 0 Å². The Morgan fingerprint density at radius 1 is 0.771 bits per heavy atom. The predicted molar refractivity (Wildman–Crippen MR) is 280 cm³/mol. The Labute approximate surface area is 422 Å². The number of hydrogen-bond donors (Lipinski definition) is 0. The van der Waals surface area contributed by atoms with E-state index in [2.05, 4.69) is 119 Å². The lowest BCUT2D eigenvalue weighted by Gasteiger charge is -2.43. The molecule has 11 nitrogen and oxygen atoms in total. The van der Waals surface area contributed by atoms with Gasteiger partial charge in [-0.15, -0.1) is 5.10 Å². The summed E-state index contributed by atoms with van der Waals surface area (Å²) in [6, 6.07) is 44.5. The number of carbonyl (C=O) groups excluding carboxylic acids is 2. The van der Waals surface area contributed by atoms with Crippen LogP contribution in [0.5, 0.6) is 5.75 Å². The van der Waals surface area contributed by atoms with Crippen molar-refractivity contribution < 1.29 is 28.7 Å². The van der Waals surface area contributed by atoms with Gasteiger partial charge < -0.3 is 14.2 Å². The molecular weight excluding hydrogens is 945 g/mol. The summed E-state index contributed by atoms with van der Waals surface area (Å²) in [5.74, 6) is 0.719. The number of methoxy groups -OCH3 is 1. The van der Waals surface area contributed by atoms with Crippen molar-refractivity contribution in [2.24, 2.45) is 16.7 Å². The first-order valence-corrected chi connectivity index (χ1v) is 25.4. The molecule has 6 rings (SSSR count). The summed E-state index contributed by atoms with van der Waals surface area (Å²) in [7, 11) is 1.46. The van der Waals surface area contributed by atoms with Crippen molar-refractivity contribution in [2.45, 2.75) is 122 Å². The Balaban J connectivity index is 1.19. The second-order valence-corrected chi connectivity index (χ2v) is 21.1. The van der Waals surface area contributed by atoms with Gasteiger partial charge >= 0.3 is 11.9 Å². The van der Waals surface area contributed by atoms with Gasteiger partial charge in [0.25, 0.3) is 5.69 Å². The number of hydrogen-bond acceptors (Lipinski definition) is 9. The predicted octanol–water partition coefficient (Wildman–Crippen LogP) is 14.2. The fourth-order valence-corrected chi connectivity index (χ4v) is 10.7. The first-order chi connectivity index (χ1) is 33.6. The molecule has 0 radical (unpaired) electrons. The van der Waals surface area contributed by atoms with Crippen LogP contribution in [0.1, 0.15) is 131 Å². The highest BCUT2D eigenvalue weighted by molar-refractivity contribution is 9.09. The second kappa shape index (κ2) is 24.6. The van der Waals surface area contributed by atoms with Crippen LogP contribution in [0.25, 0.3) is 11.3 Å². The number of ether oxygens (including phenoxy) is 3. The molecule has 0 aliphatic heterocycles. The van der Waals surface area contributed by atoms with E-state index in [0.29, 0.717) is 49.3 Å². The van der Waals surface area contributed by atoms with E-state index in [-0.39, 0.29) is 46.6 Å². The van der Waals surface area contributed by atoms with Crippen LogP contribution in [0, 0.1) is 26.9 Å². The lowest BCUT2D eigenvalue weighted by atomic mass is 9.60. The number of aryl methyl sites for hydroxylation is 1. The normalized spacial score (nSPS) is 13.9. The van der Waals surface area contributed by atoms with Crippen molar-refractivity contribution in [1.82, 2.24) is 15.0 Å². The number of unbranched alkanes of at least 4 members (excludes halogenated alkanes) is 1. The van der Waals surface area contributed by atoms with Gasteiger partial charge in [-0.1, -0.05) is 163 Å². The molecule has 4 unspecified atom stereocenters. The molecule has 1 heterocycles. The highest BCUT2D eigenvalue weighted by Gasteiger charge is 2.45. The second-order valence-electron chi connectivity index (χ2n) is 20.0. The zero-order chi connectivity index (χ0) is 50.3. The highest BCUT2D eigenvalue weighted by atomic mass is 79.9. The molecule has 0 saturated carbocycles. The lowest BCUT2D eigenvalue weighted by Crippen LogP contribution is -2.39. The molecule has 0 amide bonds. The minimum atomic E-state index is -0.814. The van der Waals surface area contributed by atoms with Gasteiger partial charge in [-0.2, -0.15) is 0 Å². The fraction of sp³-hybridized carbons (Fsp3) is 0.414. The average Bonchev–Trinajstić information content (AvgIpc) is 3.85. The maximum atomic E-state index is 13.5. The minimum Gasteiger partial charge on any atom is -0.471 e. The molecule has 0 saturated heterocycles. The molecule has 1 aromatic heterocycles. The maximum absolute atomic E-state index is 13.5. The van der Waals surface area contributed by atoms with Crippen LogP contribution in [-0.4, -0.2) is 45.6 Å². The Bertz CT molecular complexity index is 2600. The van der Waals surface area contributed by atoms with Crippen molar-refractivity contribution in [3.63, 3.8) is 0 Å². The van der Waals surface area contributed by atoms with Gasteiger partial charge in [-0.3, -0.25) is 19.7 Å². The van der Waals surface area contributed by atoms with Crippen molar-refractivity contribution >= 4 is 33.6 Å². The zero-order valence-electron chi connectivity index (χ0n) is 41.8. The van der Waals surface area contributed by atoms with Gasteiger partial charge in [-0.05, 0) is 119 Å². The van der Waals surface area contributed by atoms with Crippen LogP contribution < -0.4 is 4.74 Å². The molecule has 0 aliphatic carbocycles. The van der Waals surface area contributed by atoms with Crippen molar-refractivity contribution in [2.75, 3.05) is 13.7 Å². The molecule has 0 aliphatic rings. The number of esters is 2. The first kappa shape index (κ1) is 53.2. The topological polar surface area (TPSA) is 136 Å². The monoisotopic (exact) mass is 1010 g/mol. The summed E-state index contributed by atoms with van der Waals surface area (Å²) >= 11 is 3.72. The third-order valence-corrected chi connectivity index (χ3v) is 14.7. The van der Waals surface area contributed by atoms with Gasteiger partial charge in [0.15, 0.2) is 6.73 Å². The van der Waals surface area contributed by atoms with Crippen LogP contribution in [-0.2, 0) is 37.6 Å². The first-order valence-electron chi connectivity index (χ1n) is 24.5. The largest absolute Gasteiger partial charge is 0.471 e. The molecule has 0 spiro atoms. The quantitative estimate of drug-likeness (QED) is 0.0171. The summed E-state index contributed by atoms with van der Waals surface area (Å²) in [5, 5.41) is 20.7. The summed E-state index contributed by atoms with van der Waals surface area (Å²) in [6.45, 7) is 12.5. The van der Waals surface area contributed by atoms with Gasteiger partial charge in [-0.25, -0.2) is 4.68 Å². The van der Waals surface area contributed by atoms with Crippen LogP contribution in [0.3, 0.4) is 0 Å².